The smallest absolute Gasteiger partial charge is 0.472 e. The Bertz CT molecular complexity index is 1510. The molecule has 0 aromatic carbocycles. The summed E-state index contributed by atoms with van der Waals surface area (Å²) in [7, 11) is -4.77. The van der Waals surface area contributed by atoms with Crippen molar-refractivity contribution in [1.29, 1.82) is 0 Å². The van der Waals surface area contributed by atoms with Crippen LogP contribution in [0.3, 0.4) is 0 Å². The van der Waals surface area contributed by atoms with E-state index >= 15 is 0 Å². The van der Waals surface area contributed by atoms with Gasteiger partial charge in [-0.05, 0) is 89.9 Å². The number of carbonyl (C=O) groups is 3. The molecule has 0 saturated carbocycles. The first kappa shape index (κ1) is 56.8. The van der Waals surface area contributed by atoms with Crippen LogP contribution in [0.1, 0.15) is 123 Å². The molecule has 5 N–H and O–H groups in total. The summed E-state index contributed by atoms with van der Waals surface area (Å²) in [5, 5.41) is 18.6. The average molecular weight is 872 g/mol. The van der Waals surface area contributed by atoms with Crippen molar-refractivity contribution in [1.82, 2.24) is 0 Å². The maximum absolute atomic E-state index is 12.6. The first-order valence-electron chi connectivity index (χ1n) is 21.6. The third-order valence-electron chi connectivity index (χ3n) is 8.26. The molecule has 0 aliphatic rings. The van der Waals surface area contributed by atoms with E-state index in [1.165, 1.54) is 0 Å². The average Bonchev–Trinajstić information content (AvgIpc) is 3.23. The largest absolute Gasteiger partial charge is 0.480 e. The van der Waals surface area contributed by atoms with Gasteiger partial charge in [0, 0.05) is 12.8 Å². The number of phosphoric ester groups is 1. The van der Waals surface area contributed by atoms with Gasteiger partial charge in [-0.2, -0.15) is 0 Å². The Morgan fingerprint density at radius 2 is 1.03 bits per heavy atom. The van der Waals surface area contributed by atoms with Gasteiger partial charge >= 0.3 is 25.7 Å². The van der Waals surface area contributed by atoms with E-state index in [1.54, 1.807) is 0 Å². The van der Waals surface area contributed by atoms with E-state index in [9.17, 15) is 28.9 Å². The quantitative estimate of drug-likeness (QED) is 0.0199. The fourth-order valence-electron chi connectivity index (χ4n) is 4.92. The second kappa shape index (κ2) is 41.2. The molecule has 0 rings (SSSR count). The van der Waals surface area contributed by atoms with Crippen molar-refractivity contribution in [2.24, 2.45) is 5.73 Å². The molecule has 2 unspecified atom stereocenters. The highest BCUT2D eigenvalue weighted by Gasteiger charge is 2.28. The van der Waals surface area contributed by atoms with Gasteiger partial charge in [0.15, 0.2) is 6.10 Å². The Kier molecular flexibility index (Phi) is 38.4. The van der Waals surface area contributed by atoms with Crippen LogP contribution in [0, 0.1) is 0 Å². The number of esters is 2. The number of unbranched alkanes of at least 4 members (excludes halogenated alkanes) is 1. The zero-order valence-electron chi connectivity index (χ0n) is 36.6. The number of aliphatic hydroxyl groups excluding tert-OH is 1. The van der Waals surface area contributed by atoms with E-state index in [-0.39, 0.29) is 18.9 Å². The molecule has 0 aliphatic heterocycles. The molecule has 342 valence electrons. The lowest BCUT2D eigenvalue weighted by atomic mass is 10.1. The monoisotopic (exact) mass is 871 g/mol. The lowest BCUT2D eigenvalue weighted by molar-refractivity contribution is -0.161. The topological polar surface area (TPSA) is 192 Å². The zero-order valence-corrected chi connectivity index (χ0v) is 37.4. The summed E-state index contributed by atoms with van der Waals surface area (Å²) in [6.45, 7) is 2.32. The Morgan fingerprint density at radius 3 is 1.51 bits per heavy atom. The third-order valence-corrected chi connectivity index (χ3v) is 9.21. The molecule has 0 bridgehead atoms. The first-order chi connectivity index (χ1) is 29.5. The van der Waals surface area contributed by atoms with Gasteiger partial charge in [0.2, 0.25) is 0 Å². The first-order valence-corrected chi connectivity index (χ1v) is 23.1. The fraction of sp³-hybridized carbons (Fsp3) is 0.521. The van der Waals surface area contributed by atoms with E-state index < -0.39 is 57.7 Å². The standard InChI is InChI=1S/C48H74NO11P/c1-3-5-6-7-8-9-10-11-12-13-14-15-16-19-22-25-28-31-34-38-46(51)57-40-44(41-58-61(55,56)59-42-45(49)48(53)54)60-47(52)39-35-32-29-26-23-20-17-18-21-24-27-30-33-37-43(50)36-4-2/h5-6,8-9,11-12,14-15,17,19-22,24,26,28-31,33,43-45,50H,3-4,7,10,13,16,18,23,25,27,32,34-42,49H2,1-2H3,(H,53,54)(H,55,56)/b6-5-,9-8-,12-11-,15-14-,20-17-,22-19-,24-21-,29-26-,31-28-,33-30-/t43?,44-,45+/m1/s1. The highest BCUT2D eigenvalue weighted by Crippen LogP contribution is 2.43. The molecule has 61 heavy (non-hydrogen) atoms. The summed E-state index contributed by atoms with van der Waals surface area (Å²) in [5.74, 6) is -2.60. The van der Waals surface area contributed by atoms with Gasteiger partial charge in [-0.25, -0.2) is 4.57 Å². The molecule has 0 saturated heterocycles. The van der Waals surface area contributed by atoms with Gasteiger partial charge in [0.25, 0.3) is 0 Å². The fourth-order valence-corrected chi connectivity index (χ4v) is 5.70. The van der Waals surface area contributed by atoms with Gasteiger partial charge in [0.05, 0.1) is 19.3 Å². The number of aliphatic hydroxyl groups is 1. The number of carboxylic acid groups (broad SMARTS) is 1. The summed E-state index contributed by atoms with van der Waals surface area (Å²) in [6.07, 6.45) is 52.0. The minimum atomic E-state index is -4.77. The van der Waals surface area contributed by atoms with E-state index in [0.717, 1.165) is 70.6 Å². The van der Waals surface area contributed by atoms with Crippen LogP contribution in [0.2, 0.25) is 0 Å². The number of hydrogen-bond acceptors (Lipinski definition) is 10. The lowest BCUT2D eigenvalue weighted by Crippen LogP contribution is -2.34. The molecule has 0 heterocycles. The predicted molar refractivity (Wildman–Crippen MR) is 245 cm³/mol. The van der Waals surface area contributed by atoms with Crippen molar-refractivity contribution in [3.63, 3.8) is 0 Å². The van der Waals surface area contributed by atoms with Crippen molar-refractivity contribution >= 4 is 25.7 Å². The molecule has 0 aromatic rings. The van der Waals surface area contributed by atoms with Crippen LogP contribution in [-0.4, -0.2) is 71.1 Å². The maximum atomic E-state index is 12.6. The van der Waals surface area contributed by atoms with Crippen LogP contribution in [-0.2, 0) is 37.5 Å². The molecule has 0 aliphatic carbocycles. The minimum absolute atomic E-state index is 0.0465. The second-order valence-electron chi connectivity index (χ2n) is 13.9. The van der Waals surface area contributed by atoms with Crippen LogP contribution >= 0.6 is 7.82 Å². The number of nitrogens with two attached hydrogens (primary N) is 1. The molecular formula is C48H74NO11P. The number of ether oxygens (including phenoxy) is 2. The SMILES string of the molecule is CC/C=C\C/C=C\C/C=C\C/C=C\C/C=C\C/C=C\CCC(=O)OC[C@H](COP(=O)(O)OC[C@H](N)C(=O)O)OC(=O)CCC/C=C\C/C=C\C/C=C\C/C=C\CC(O)CCC. The van der Waals surface area contributed by atoms with Gasteiger partial charge in [-0.1, -0.05) is 142 Å². The number of carboxylic acids is 1. The number of aliphatic carboxylic acids is 1. The molecule has 0 spiro atoms. The summed E-state index contributed by atoms with van der Waals surface area (Å²) >= 11 is 0. The van der Waals surface area contributed by atoms with E-state index in [4.69, 9.17) is 24.8 Å². The molecule has 13 heteroatoms. The normalized spacial score (nSPS) is 15.4. The third kappa shape index (κ3) is 41.0. The van der Waals surface area contributed by atoms with Crippen molar-refractivity contribution in [2.75, 3.05) is 19.8 Å². The highest BCUT2D eigenvalue weighted by molar-refractivity contribution is 7.47. The summed E-state index contributed by atoms with van der Waals surface area (Å²) in [5.41, 5.74) is 5.32. The Hall–Kier alpha value is -4.16. The molecule has 12 nitrogen and oxygen atoms in total. The second-order valence-corrected chi connectivity index (χ2v) is 15.4. The van der Waals surface area contributed by atoms with Crippen molar-refractivity contribution in [3.05, 3.63) is 122 Å². The van der Waals surface area contributed by atoms with Crippen molar-refractivity contribution < 1.29 is 52.6 Å². The van der Waals surface area contributed by atoms with Gasteiger partial charge in [0.1, 0.15) is 12.6 Å². The predicted octanol–water partition coefficient (Wildman–Crippen LogP) is 10.6. The maximum Gasteiger partial charge on any atom is 0.472 e. The number of allylic oxidation sites excluding steroid dienone is 19. The van der Waals surface area contributed by atoms with Crippen LogP contribution in [0.15, 0.2) is 122 Å². The summed E-state index contributed by atoms with van der Waals surface area (Å²) in [4.78, 5) is 45.9. The van der Waals surface area contributed by atoms with Crippen LogP contribution in [0.5, 0.6) is 0 Å². The van der Waals surface area contributed by atoms with E-state index in [1.807, 2.05) is 36.5 Å². The zero-order chi connectivity index (χ0) is 45.1. The lowest BCUT2D eigenvalue weighted by Gasteiger charge is -2.20. The number of phosphoric acid groups is 1. The Balaban J connectivity index is 4.63. The number of hydrogen-bond donors (Lipinski definition) is 4. The summed E-state index contributed by atoms with van der Waals surface area (Å²) < 4.78 is 32.5. The highest BCUT2D eigenvalue weighted by atomic mass is 31.2. The van der Waals surface area contributed by atoms with Crippen LogP contribution in [0.25, 0.3) is 0 Å². The molecule has 0 amide bonds. The van der Waals surface area contributed by atoms with Gasteiger partial charge in [-0.15, -0.1) is 0 Å². The Labute approximate surface area is 365 Å². The molecule has 4 atom stereocenters. The molecule has 0 fully saturated rings. The molecule has 0 aromatic heterocycles. The van der Waals surface area contributed by atoms with E-state index in [0.29, 0.717) is 25.7 Å². The van der Waals surface area contributed by atoms with Crippen molar-refractivity contribution in [3.8, 4) is 0 Å². The van der Waals surface area contributed by atoms with Crippen LogP contribution in [0.4, 0.5) is 0 Å². The van der Waals surface area contributed by atoms with Gasteiger partial charge < -0.3 is 30.3 Å². The number of carbonyl (C=O) groups excluding carboxylic acids is 2. The van der Waals surface area contributed by atoms with E-state index in [2.05, 4.69) is 103 Å². The van der Waals surface area contributed by atoms with Crippen LogP contribution < -0.4 is 5.73 Å². The van der Waals surface area contributed by atoms with Gasteiger partial charge in [-0.3, -0.25) is 23.4 Å². The Morgan fingerprint density at radius 1 is 0.590 bits per heavy atom. The number of rotatable bonds is 38. The summed E-state index contributed by atoms with van der Waals surface area (Å²) in [6, 6.07) is -1.55. The molecule has 0 radical (unpaired) electrons. The van der Waals surface area contributed by atoms with Crippen molar-refractivity contribution in [2.45, 2.75) is 141 Å². The minimum Gasteiger partial charge on any atom is -0.480 e. The molecular weight excluding hydrogens is 797 g/mol.